The third-order valence-corrected chi connectivity index (χ3v) is 6.47. The minimum Gasteiger partial charge on any atom is -0.293 e. The SMILES string of the molecule is NS(=O)(=O)c1cc2c(cc1F)cc1n2C(=O)N(c2ccc(-c3cc(F)cnc3F)cc2)CC1. The van der Waals surface area contributed by atoms with E-state index in [1.165, 1.54) is 9.47 Å². The zero-order valence-corrected chi connectivity index (χ0v) is 17.6. The lowest BCUT2D eigenvalue weighted by molar-refractivity contribution is 0.246. The van der Waals surface area contributed by atoms with Gasteiger partial charge in [0.1, 0.15) is 16.5 Å². The van der Waals surface area contributed by atoms with E-state index in [9.17, 15) is 26.4 Å². The fourth-order valence-corrected chi connectivity index (χ4v) is 4.63. The molecule has 1 amide bonds. The Labute approximate surface area is 185 Å². The lowest BCUT2D eigenvalue weighted by Gasteiger charge is -2.29. The summed E-state index contributed by atoms with van der Waals surface area (Å²) >= 11 is 0. The predicted molar refractivity (Wildman–Crippen MR) is 115 cm³/mol. The van der Waals surface area contributed by atoms with Gasteiger partial charge in [-0.15, -0.1) is 0 Å². The van der Waals surface area contributed by atoms with E-state index in [4.69, 9.17) is 5.14 Å². The van der Waals surface area contributed by atoms with Crippen molar-refractivity contribution in [2.75, 3.05) is 11.4 Å². The fourth-order valence-electron chi connectivity index (χ4n) is 4.02. The molecule has 11 heteroatoms. The zero-order valence-electron chi connectivity index (χ0n) is 16.8. The van der Waals surface area contributed by atoms with E-state index in [1.807, 2.05) is 0 Å². The number of sulfonamides is 1. The number of amides is 1. The molecular weight excluding hydrogens is 457 g/mol. The maximum absolute atomic E-state index is 14.2. The maximum atomic E-state index is 14.2. The summed E-state index contributed by atoms with van der Waals surface area (Å²) in [6.07, 6.45) is 1.21. The number of primary sulfonamides is 1. The molecule has 0 saturated carbocycles. The van der Waals surface area contributed by atoms with E-state index in [-0.39, 0.29) is 11.1 Å². The van der Waals surface area contributed by atoms with Crippen LogP contribution in [-0.2, 0) is 16.4 Å². The number of pyridine rings is 1. The van der Waals surface area contributed by atoms with Crippen molar-refractivity contribution in [1.29, 1.82) is 0 Å². The number of benzene rings is 2. The molecule has 0 saturated heterocycles. The van der Waals surface area contributed by atoms with Gasteiger partial charge >= 0.3 is 6.03 Å². The maximum Gasteiger partial charge on any atom is 0.333 e. The molecule has 2 N–H and O–H groups in total. The molecule has 0 bridgehead atoms. The Morgan fingerprint density at radius 3 is 2.42 bits per heavy atom. The van der Waals surface area contributed by atoms with Crippen molar-refractivity contribution in [2.45, 2.75) is 11.3 Å². The van der Waals surface area contributed by atoms with Crippen molar-refractivity contribution in [1.82, 2.24) is 9.55 Å². The van der Waals surface area contributed by atoms with Gasteiger partial charge in [0.05, 0.1) is 11.7 Å². The van der Waals surface area contributed by atoms with Crippen molar-refractivity contribution < 1.29 is 26.4 Å². The average molecular weight is 472 g/mol. The predicted octanol–water partition coefficient (Wildman–Crippen LogP) is 3.80. The number of nitrogens with zero attached hydrogens (tertiary/aromatic N) is 3. The lowest BCUT2D eigenvalue weighted by atomic mass is 10.1. The van der Waals surface area contributed by atoms with Gasteiger partial charge in [-0.1, -0.05) is 12.1 Å². The van der Waals surface area contributed by atoms with Crippen LogP contribution in [0.2, 0.25) is 0 Å². The van der Waals surface area contributed by atoms with Gasteiger partial charge in [0.15, 0.2) is 0 Å². The number of rotatable bonds is 3. The summed E-state index contributed by atoms with van der Waals surface area (Å²) in [5, 5.41) is 5.47. The van der Waals surface area contributed by atoms with Crippen LogP contribution in [0.3, 0.4) is 0 Å². The van der Waals surface area contributed by atoms with Crippen LogP contribution in [0.1, 0.15) is 5.69 Å². The van der Waals surface area contributed by atoms with E-state index in [2.05, 4.69) is 4.98 Å². The van der Waals surface area contributed by atoms with Crippen LogP contribution in [0.15, 0.2) is 59.6 Å². The van der Waals surface area contributed by atoms with Crippen LogP contribution in [0.25, 0.3) is 22.0 Å². The first kappa shape index (κ1) is 21.2. The van der Waals surface area contributed by atoms with Crippen LogP contribution < -0.4 is 10.0 Å². The van der Waals surface area contributed by atoms with E-state index >= 15 is 0 Å². The highest BCUT2D eigenvalue weighted by Gasteiger charge is 2.29. The number of nitrogens with two attached hydrogens (primary N) is 1. The molecule has 4 aromatic rings. The third kappa shape index (κ3) is 3.55. The molecule has 5 rings (SSSR count). The average Bonchev–Trinajstić information content (AvgIpc) is 3.12. The molecule has 0 spiro atoms. The molecule has 1 aliphatic heterocycles. The van der Waals surface area contributed by atoms with Crippen molar-refractivity contribution >= 4 is 32.6 Å². The summed E-state index contributed by atoms with van der Waals surface area (Å²) in [5.41, 5.74) is 1.68. The van der Waals surface area contributed by atoms with Gasteiger partial charge < -0.3 is 0 Å². The highest BCUT2D eigenvalue weighted by molar-refractivity contribution is 7.89. The van der Waals surface area contributed by atoms with Crippen molar-refractivity contribution in [3.05, 3.63) is 78.0 Å². The molecule has 0 radical (unpaired) electrons. The Balaban J connectivity index is 1.54. The highest BCUT2D eigenvalue weighted by atomic mass is 32.2. The van der Waals surface area contributed by atoms with Crippen LogP contribution in [0.5, 0.6) is 0 Å². The molecule has 33 heavy (non-hydrogen) atoms. The quantitative estimate of drug-likeness (QED) is 0.459. The normalized spacial score (nSPS) is 14.1. The summed E-state index contributed by atoms with van der Waals surface area (Å²) in [6.45, 7) is 0.314. The van der Waals surface area contributed by atoms with Crippen LogP contribution in [0, 0.1) is 17.6 Å². The standard InChI is InChI=1S/C22H15F3N4O3S/c23-14-9-17(21(25)27-11-14)12-1-3-15(4-2-12)28-6-5-16-7-13-8-18(24)20(33(26,31)32)10-19(13)29(16)22(28)30/h1-4,7-11H,5-6H2,(H2,26,31,32). The molecule has 1 aliphatic rings. The lowest BCUT2D eigenvalue weighted by Crippen LogP contribution is -2.41. The number of carbonyl (C=O) groups is 1. The number of halogens is 3. The summed E-state index contributed by atoms with van der Waals surface area (Å²) in [5.74, 6) is -2.49. The van der Waals surface area contributed by atoms with Crippen molar-refractivity contribution in [3.8, 4) is 11.1 Å². The second-order valence-corrected chi connectivity index (χ2v) is 9.11. The second kappa shape index (κ2) is 7.42. The molecule has 0 fully saturated rings. The minimum atomic E-state index is -4.33. The summed E-state index contributed by atoms with van der Waals surface area (Å²) in [4.78, 5) is 17.4. The molecule has 0 aliphatic carbocycles. The van der Waals surface area contributed by atoms with E-state index in [1.54, 1.807) is 30.3 Å². The number of hydrogen-bond acceptors (Lipinski definition) is 4. The van der Waals surface area contributed by atoms with Crippen molar-refractivity contribution in [3.63, 3.8) is 0 Å². The second-order valence-electron chi connectivity index (χ2n) is 7.58. The Bertz CT molecular complexity index is 1550. The van der Waals surface area contributed by atoms with Gasteiger partial charge in [-0.2, -0.15) is 4.39 Å². The molecule has 168 valence electrons. The van der Waals surface area contributed by atoms with Gasteiger partial charge in [-0.25, -0.2) is 32.1 Å². The monoisotopic (exact) mass is 472 g/mol. The summed E-state index contributed by atoms with van der Waals surface area (Å²) in [7, 11) is -4.33. The van der Waals surface area contributed by atoms with Crippen LogP contribution in [-0.4, -0.2) is 30.5 Å². The van der Waals surface area contributed by atoms with Gasteiger partial charge in [-0.05, 0) is 42.0 Å². The van der Waals surface area contributed by atoms with E-state index in [0.717, 1.165) is 24.4 Å². The number of hydrogen-bond donors (Lipinski definition) is 1. The summed E-state index contributed by atoms with van der Waals surface area (Å²) < 4.78 is 66.4. The molecule has 7 nitrogen and oxygen atoms in total. The number of anilines is 1. The van der Waals surface area contributed by atoms with Gasteiger partial charge in [0.2, 0.25) is 16.0 Å². The Hall–Kier alpha value is -3.70. The van der Waals surface area contributed by atoms with Gasteiger partial charge in [0, 0.05) is 35.3 Å². The first-order chi connectivity index (χ1) is 15.6. The zero-order chi connectivity index (χ0) is 23.5. The highest BCUT2D eigenvalue weighted by Crippen LogP contribution is 2.31. The minimum absolute atomic E-state index is 0.0113. The molecule has 2 aromatic heterocycles. The fraction of sp³-hybridized carbons (Fsp3) is 0.0909. The Kier molecular flexibility index (Phi) is 4.76. The molecule has 0 unspecified atom stereocenters. The first-order valence-electron chi connectivity index (χ1n) is 9.73. The molecule has 2 aromatic carbocycles. The van der Waals surface area contributed by atoms with E-state index < -0.39 is 38.5 Å². The molecule has 0 atom stereocenters. The van der Waals surface area contributed by atoms with Gasteiger partial charge in [-0.3, -0.25) is 9.47 Å². The Morgan fingerprint density at radius 2 is 1.73 bits per heavy atom. The number of carbonyl (C=O) groups excluding carboxylic acids is 1. The first-order valence-corrected chi connectivity index (χ1v) is 11.3. The van der Waals surface area contributed by atoms with Crippen molar-refractivity contribution in [2.24, 2.45) is 5.14 Å². The molecule has 3 heterocycles. The topological polar surface area (TPSA) is 98.3 Å². The molecular formula is C22H15F3N4O3S. The van der Waals surface area contributed by atoms with E-state index in [0.29, 0.717) is 35.3 Å². The number of aromatic nitrogens is 2. The largest absolute Gasteiger partial charge is 0.333 e. The summed E-state index contributed by atoms with van der Waals surface area (Å²) in [6, 6.07) is 10.5. The van der Waals surface area contributed by atoms with Crippen LogP contribution >= 0.6 is 0 Å². The van der Waals surface area contributed by atoms with Crippen LogP contribution in [0.4, 0.5) is 23.7 Å². The van der Waals surface area contributed by atoms with Gasteiger partial charge in [0.25, 0.3) is 0 Å². The Morgan fingerprint density at radius 1 is 1.00 bits per heavy atom. The third-order valence-electron chi connectivity index (χ3n) is 5.55. The smallest absolute Gasteiger partial charge is 0.293 e. The number of fused-ring (bicyclic) bond motifs is 3.